The van der Waals surface area contributed by atoms with Crippen LogP contribution in [0.5, 0.6) is 0 Å². The Morgan fingerprint density at radius 2 is 1.94 bits per heavy atom. The van der Waals surface area contributed by atoms with Gasteiger partial charge in [0.25, 0.3) is 0 Å². The Balaban J connectivity index is 2.20. The van der Waals surface area contributed by atoms with Crippen molar-refractivity contribution >= 4 is 0 Å². The van der Waals surface area contributed by atoms with E-state index in [0.29, 0.717) is 17.4 Å². The molecule has 2 rings (SSSR count). The number of benzene rings is 1. The third-order valence-electron chi connectivity index (χ3n) is 3.66. The Morgan fingerprint density at radius 3 is 2.44 bits per heavy atom. The quantitative estimate of drug-likeness (QED) is 0.822. The minimum atomic E-state index is -0.591. The van der Waals surface area contributed by atoms with Gasteiger partial charge in [-0.15, -0.1) is 0 Å². The summed E-state index contributed by atoms with van der Waals surface area (Å²) in [5, 5.41) is 0. The summed E-state index contributed by atoms with van der Waals surface area (Å²) in [6, 6.07) is 3.66. The highest BCUT2D eigenvalue weighted by atomic mass is 19.1. The molecule has 88 valence electrons. The lowest BCUT2D eigenvalue weighted by molar-refractivity contribution is 0.101. The van der Waals surface area contributed by atoms with E-state index in [1.165, 1.54) is 12.1 Å². The average molecular weight is 225 g/mol. The molecule has 2 N–H and O–H groups in total. The van der Waals surface area contributed by atoms with E-state index in [1.54, 1.807) is 0 Å². The third kappa shape index (κ3) is 1.84. The summed E-state index contributed by atoms with van der Waals surface area (Å²) in [4.78, 5) is 0. The molecule has 1 aromatic carbocycles. The van der Waals surface area contributed by atoms with Crippen molar-refractivity contribution in [2.75, 3.05) is 0 Å². The molecule has 1 saturated carbocycles. The predicted molar refractivity (Wildman–Crippen MR) is 59.8 cm³/mol. The Labute approximate surface area is 94.7 Å². The maximum absolute atomic E-state index is 13.6. The van der Waals surface area contributed by atoms with Gasteiger partial charge in [0.1, 0.15) is 11.6 Å². The van der Waals surface area contributed by atoms with E-state index in [-0.39, 0.29) is 0 Å². The number of nitrogens with two attached hydrogens (primary N) is 1. The minimum Gasteiger partial charge on any atom is -0.321 e. The van der Waals surface area contributed by atoms with Gasteiger partial charge < -0.3 is 5.73 Å². The van der Waals surface area contributed by atoms with Crippen molar-refractivity contribution in [3.05, 3.63) is 35.4 Å². The molecule has 0 spiro atoms. The van der Waals surface area contributed by atoms with Crippen LogP contribution in [-0.4, -0.2) is 0 Å². The topological polar surface area (TPSA) is 26.0 Å². The number of halogens is 2. The van der Waals surface area contributed by atoms with Crippen LogP contribution in [0.1, 0.15) is 32.3 Å². The lowest BCUT2D eigenvalue weighted by Gasteiger charge is -2.47. The zero-order chi connectivity index (χ0) is 11.9. The summed E-state index contributed by atoms with van der Waals surface area (Å²) in [7, 11) is 0. The van der Waals surface area contributed by atoms with Crippen LogP contribution in [0.4, 0.5) is 8.78 Å². The Hall–Kier alpha value is -0.960. The molecule has 1 fully saturated rings. The summed E-state index contributed by atoms with van der Waals surface area (Å²) < 4.78 is 26.4. The van der Waals surface area contributed by atoms with Crippen molar-refractivity contribution in [1.29, 1.82) is 0 Å². The molecule has 0 aliphatic heterocycles. The molecule has 16 heavy (non-hydrogen) atoms. The molecule has 1 nitrogen and oxygen atoms in total. The number of hydrogen-bond donors (Lipinski definition) is 1. The van der Waals surface area contributed by atoms with Crippen molar-refractivity contribution in [2.45, 2.75) is 32.2 Å². The van der Waals surface area contributed by atoms with Gasteiger partial charge in [0.15, 0.2) is 0 Å². The second kappa shape index (κ2) is 3.81. The van der Waals surface area contributed by atoms with Gasteiger partial charge in [0.05, 0.1) is 0 Å². The molecule has 0 aromatic heterocycles. The first-order valence-electron chi connectivity index (χ1n) is 5.67. The lowest BCUT2D eigenvalue weighted by atomic mass is 9.62. The maximum atomic E-state index is 13.6. The van der Waals surface area contributed by atoms with E-state index >= 15 is 0 Å². The van der Waals surface area contributed by atoms with Crippen molar-refractivity contribution in [2.24, 2.45) is 17.6 Å². The number of hydrogen-bond acceptors (Lipinski definition) is 1. The highest BCUT2D eigenvalue weighted by Gasteiger charge is 2.44. The second-order valence-corrected chi connectivity index (χ2v) is 5.19. The third-order valence-corrected chi connectivity index (χ3v) is 3.66. The molecule has 3 heteroatoms. The van der Waals surface area contributed by atoms with Crippen LogP contribution < -0.4 is 5.73 Å². The molecule has 0 unspecified atom stereocenters. The molecule has 0 saturated heterocycles. The lowest BCUT2D eigenvalue weighted by Crippen LogP contribution is -2.51. The number of rotatable bonds is 2. The average Bonchev–Trinajstić information content (AvgIpc) is 2.12. The van der Waals surface area contributed by atoms with Gasteiger partial charge in [-0.2, -0.15) is 0 Å². The summed E-state index contributed by atoms with van der Waals surface area (Å²) >= 11 is 0. The summed E-state index contributed by atoms with van der Waals surface area (Å²) in [5.74, 6) is 0.0453. The smallest absolute Gasteiger partial charge is 0.131 e. The normalized spacial score (nSPS) is 29.2. The van der Waals surface area contributed by atoms with Crippen LogP contribution in [0.2, 0.25) is 0 Å². The molecule has 0 amide bonds. The first-order valence-corrected chi connectivity index (χ1v) is 5.67. The predicted octanol–water partition coefficient (Wildman–Crippen LogP) is 3.18. The van der Waals surface area contributed by atoms with Gasteiger partial charge in [-0.1, -0.05) is 19.9 Å². The highest BCUT2D eigenvalue weighted by molar-refractivity contribution is 5.29. The van der Waals surface area contributed by atoms with Crippen LogP contribution in [0.3, 0.4) is 0 Å². The molecule has 1 aliphatic carbocycles. The second-order valence-electron chi connectivity index (χ2n) is 5.19. The zero-order valence-corrected chi connectivity index (χ0v) is 9.63. The summed E-state index contributed by atoms with van der Waals surface area (Å²) in [6.07, 6.45) is 1.57. The summed E-state index contributed by atoms with van der Waals surface area (Å²) in [5.41, 5.74) is 6.00. The van der Waals surface area contributed by atoms with E-state index in [9.17, 15) is 8.78 Å². The Bertz CT molecular complexity index is 395. The highest BCUT2D eigenvalue weighted by Crippen LogP contribution is 2.47. The van der Waals surface area contributed by atoms with Gasteiger partial charge >= 0.3 is 0 Å². The van der Waals surface area contributed by atoms with Gasteiger partial charge in [0.2, 0.25) is 0 Å². The minimum absolute atomic E-state index is 0.450. The molecule has 0 radical (unpaired) electrons. The Kier molecular flexibility index (Phi) is 2.74. The van der Waals surface area contributed by atoms with Crippen LogP contribution in [-0.2, 0) is 5.54 Å². The molecule has 1 aliphatic rings. The molecule has 1 aromatic rings. The van der Waals surface area contributed by atoms with E-state index in [0.717, 1.165) is 18.9 Å². The van der Waals surface area contributed by atoms with Crippen molar-refractivity contribution in [3.63, 3.8) is 0 Å². The van der Waals surface area contributed by atoms with Crippen LogP contribution >= 0.6 is 0 Å². The molecular formula is C13H17F2N. The molecule has 0 heterocycles. The molecule has 0 atom stereocenters. The van der Waals surface area contributed by atoms with Gasteiger partial charge in [-0.05, 0) is 30.7 Å². The van der Waals surface area contributed by atoms with E-state index in [1.807, 2.05) is 0 Å². The first kappa shape index (κ1) is 11.5. The first-order chi connectivity index (χ1) is 7.42. The fourth-order valence-electron chi connectivity index (χ4n) is 2.46. The van der Waals surface area contributed by atoms with Gasteiger partial charge in [-0.3, -0.25) is 0 Å². The SMILES string of the molecule is CC(C)C1CC(N)(c2ccc(F)cc2F)C1. The van der Waals surface area contributed by atoms with Crippen molar-refractivity contribution < 1.29 is 8.78 Å². The van der Waals surface area contributed by atoms with Gasteiger partial charge in [-0.25, -0.2) is 8.78 Å². The molecular weight excluding hydrogens is 208 g/mol. The maximum Gasteiger partial charge on any atom is 0.131 e. The fraction of sp³-hybridized carbons (Fsp3) is 0.538. The molecule has 0 bridgehead atoms. The van der Waals surface area contributed by atoms with Crippen LogP contribution in [0.25, 0.3) is 0 Å². The van der Waals surface area contributed by atoms with E-state index in [4.69, 9.17) is 5.73 Å². The van der Waals surface area contributed by atoms with Crippen molar-refractivity contribution in [1.82, 2.24) is 0 Å². The largest absolute Gasteiger partial charge is 0.321 e. The standard InChI is InChI=1S/C13H17F2N/c1-8(2)9-6-13(16,7-9)11-4-3-10(14)5-12(11)15/h3-5,8-9H,6-7,16H2,1-2H3. The monoisotopic (exact) mass is 225 g/mol. The summed E-state index contributed by atoms with van der Waals surface area (Å²) in [6.45, 7) is 4.29. The van der Waals surface area contributed by atoms with Gasteiger partial charge in [0, 0.05) is 17.2 Å². The van der Waals surface area contributed by atoms with E-state index < -0.39 is 17.2 Å². The van der Waals surface area contributed by atoms with Crippen LogP contribution in [0, 0.1) is 23.5 Å². The zero-order valence-electron chi connectivity index (χ0n) is 9.63. The van der Waals surface area contributed by atoms with Crippen molar-refractivity contribution in [3.8, 4) is 0 Å². The fourth-order valence-corrected chi connectivity index (χ4v) is 2.46. The van der Waals surface area contributed by atoms with E-state index in [2.05, 4.69) is 13.8 Å². The Morgan fingerprint density at radius 1 is 1.31 bits per heavy atom. The van der Waals surface area contributed by atoms with Crippen LogP contribution in [0.15, 0.2) is 18.2 Å².